The number of rotatable bonds is 3. The summed E-state index contributed by atoms with van der Waals surface area (Å²) in [5.74, 6) is 0. The summed E-state index contributed by atoms with van der Waals surface area (Å²) in [4.78, 5) is 0. The van der Waals surface area contributed by atoms with Crippen LogP contribution in [0.1, 0.15) is 0 Å². The van der Waals surface area contributed by atoms with Crippen molar-refractivity contribution in [1.29, 1.82) is 0 Å². The molecule has 0 rings (SSSR count). The first-order chi connectivity index (χ1) is 4.77. The molecule has 2 N–H and O–H groups in total. The van der Waals surface area contributed by atoms with E-state index in [0.29, 0.717) is 0 Å². The second-order valence-corrected chi connectivity index (χ2v) is 3.91. The molecular weight excluding hydrogens is 198 g/mol. The number of hydrogen-bond acceptors (Lipinski definition) is 5. The fourth-order valence-corrected chi connectivity index (χ4v) is 1.50. The highest BCUT2D eigenvalue weighted by atomic mass is 32.3. The maximum Gasteiger partial charge on any atom is 0.405 e. The Kier molecular flexibility index (Phi) is 2.83. The normalized spacial score (nSPS) is 12.0. The van der Waals surface area contributed by atoms with Gasteiger partial charge in [0.25, 0.3) is 0 Å². The van der Waals surface area contributed by atoms with Gasteiger partial charge >= 0.3 is 20.6 Å². The monoisotopic (exact) mass is 201 g/mol. The van der Waals surface area contributed by atoms with E-state index in [1.165, 1.54) is 6.11 Å². The summed E-state index contributed by atoms with van der Waals surface area (Å²) >= 11 is 0. The molecule has 0 radical (unpaired) electrons. The summed E-state index contributed by atoms with van der Waals surface area (Å²) in [5.41, 5.74) is 0. The van der Waals surface area contributed by atoms with Gasteiger partial charge in [-0.25, -0.2) is 0 Å². The van der Waals surface area contributed by atoms with Gasteiger partial charge in [-0.15, -0.1) is 0 Å². The maximum atomic E-state index is 10.2. The molecule has 0 bridgehead atoms. The molecular formula is C2H3NO6S2. The first kappa shape index (κ1) is 10.2. The van der Waals surface area contributed by atoms with E-state index in [4.69, 9.17) is 4.55 Å². The van der Waals surface area contributed by atoms with Gasteiger partial charge in [0.1, 0.15) is 6.11 Å². The molecule has 0 aliphatic carbocycles. The molecule has 0 saturated heterocycles. The molecule has 0 aliphatic rings. The molecule has 0 amide bonds. The van der Waals surface area contributed by atoms with Crippen LogP contribution in [0.3, 0.4) is 0 Å². The van der Waals surface area contributed by atoms with E-state index in [1.807, 2.05) is 0 Å². The van der Waals surface area contributed by atoms with E-state index in [2.05, 4.69) is 10.6 Å². The zero-order valence-corrected chi connectivity index (χ0v) is 6.52. The van der Waals surface area contributed by atoms with E-state index in [1.54, 1.807) is 0 Å². The maximum absolute atomic E-state index is 10.2. The van der Waals surface area contributed by atoms with Crippen LogP contribution in [0.5, 0.6) is 0 Å². The Hall–Kier alpha value is -0.820. The Bertz CT molecular complexity index is 356. The third kappa shape index (κ3) is 5.62. The van der Waals surface area contributed by atoms with Crippen LogP contribution in [-0.4, -0.2) is 21.4 Å². The quantitative estimate of drug-likeness (QED) is 0.413. The minimum Gasteiger partial charge on any atom is -0.316 e. The minimum absolute atomic E-state index is 0.732. The molecule has 7 nitrogen and oxygen atoms in total. The van der Waals surface area contributed by atoms with Crippen molar-refractivity contribution in [3.8, 4) is 12.5 Å². The summed E-state index contributed by atoms with van der Waals surface area (Å²) in [6, 6.07) is 0. The topological polar surface area (TPSA) is 110 Å². The van der Waals surface area contributed by atoms with E-state index in [9.17, 15) is 16.8 Å². The molecule has 0 fully saturated rings. The minimum atomic E-state index is -4.86. The van der Waals surface area contributed by atoms with Crippen molar-refractivity contribution in [3.05, 3.63) is 0 Å². The molecule has 0 aromatic rings. The van der Waals surface area contributed by atoms with Crippen molar-refractivity contribution < 1.29 is 25.6 Å². The molecule has 0 aromatic heterocycles. The average Bonchev–Trinajstić information content (AvgIpc) is 1.55. The van der Waals surface area contributed by atoms with Gasteiger partial charge in [-0.3, -0.25) is 4.55 Å². The highest BCUT2D eigenvalue weighted by molar-refractivity contribution is 7.99. The van der Waals surface area contributed by atoms with Crippen molar-refractivity contribution in [2.45, 2.75) is 0 Å². The zero-order chi connectivity index (χ0) is 9.12. The van der Waals surface area contributed by atoms with Crippen LogP contribution in [0.15, 0.2) is 0 Å². The first-order valence-electron chi connectivity index (χ1n) is 1.92. The summed E-state index contributed by atoms with van der Waals surface area (Å²) in [6.45, 7) is 0. The van der Waals surface area contributed by atoms with Gasteiger partial charge in [-0.1, -0.05) is 10.6 Å². The molecule has 64 valence electrons. The number of nitrogens with one attached hydrogen (secondary N) is 1. The molecule has 0 aliphatic heterocycles. The fourth-order valence-electron chi connectivity index (χ4n) is 0.209. The van der Waals surface area contributed by atoms with E-state index in [0.717, 1.165) is 4.13 Å². The van der Waals surface area contributed by atoms with Crippen LogP contribution >= 0.6 is 0 Å². The van der Waals surface area contributed by atoms with Crippen molar-refractivity contribution in [2.75, 3.05) is 0 Å². The fraction of sp³-hybridized carbons (Fsp3) is 0. The van der Waals surface area contributed by atoms with E-state index < -0.39 is 20.6 Å². The van der Waals surface area contributed by atoms with Crippen LogP contribution in [0.2, 0.25) is 0 Å². The number of hydrogen-bond donors (Lipinski definition) is 2. The Labute approximate surface area is 63.5 Å². The SMILES string of the molecule is C#COS(=O)(=O)NS(=O)(=O)O. The average molecular weight is 201 g/mol. The van der Waals surface area contributed by atoms with Gasteiger partial charge in [0.2, 0.25) is 0 Å². The molecule has 0 atom stereocenters. The lowest BCUT2D eigenvalue weighted by atomic mass is 11.3. The third-order valence-electron chi connectivity index (χ3n) is 0.365. The van der Waals surface area contributed by atoms with Crippen molar-refractivity contribution in [2.24, 2.45) is 0 Å². The largest absolute Gasteiger partial charge is 0.405 e. The standard InChI is InChI=1S/C2H3NO6S2/c1-2-9-11(7,8)3-10(4,5)6/h1,3H,(H,4,5,6). The Balaban J connectivity index is 4.56. The molecule has 11 heavy (non-hydrogen) atoms. The van der Waals surface area contributed by atoms with Crippen LogP contribution in [0, 0.1) is 12.5 Å². The van der Waals surface area contributed by atoms with Crippen LogP contribution in [0.25, 0.3) is 0 Å². The lowest BCUT2D eigenvalue weighted by Crippen LogP contribution is -2.30. The lowest BCUT2D eigenvalue weighted by Gasteiger charge is -1.97. The van der Waals surface area contributed by atoms with Gasteiger partial charge in [-0.2, -0.15) is 16.8 Å². The smallest absolute Gasteiger partial charge is 0.316 e. The van der Waals surface area contributed by atoms with Crippen LogP contribution in [-0.2, 0) is 24.8 Å². The van der Waals surface area contributed by atoms with Gasteiger partial charge in [0.15, 0.2) is 0 Å². The molecule has 0 unspecified atom stereocenters. The van der Waals surface area contributed by atoms with Gasteiger partial charge in [0, 0.05) is 0 Å². The number of terminal acetylenes is 1. The predicted octanol–water partition coefficient (Wildman–Crippen LogP) is -1.77. The van der Waals surface area contributed by atoms with Crippen LogP contribution < -0.4 is 4.13 Å². The lowest BCUT2D eigenvalue weighted by molar-refractivity contribution is 0.446. The molecule has 0 saturated carbocycles. The van der Waals surface area contributed by atoms with Crippen molar-refractivity contribution in [3.63, 3.8) is 0 Å². The molecule has 0 aromatic carbocycles. The molecule has 0 heterocycles. The molecule has 0 spiro atoms. The van der Waals surface area contributed by atoms with E-state index >= 15 is 0 Å². The molecule has 9 heteroatoms. The van der Waals surface area contributed by atoms with Crippen molar-refractivity contribution in [1.82, 2.24) is 4.13 Å². The Morgan fingerprint density at radius 1 is 1.36 bits per heavy atom. The summed E-state index contributed by atoms with van der Waals surface area (Å²) in [6.07, 6.45) is 5.57. The van der Waals surface area contributed by atoms with Gasteiger partial charge in [0.05, 0.1) is 0 Å². The Morgan fingerprint density at radius 3 is 2.09 bits per heavy atom. The second kappa shape index (κ2) is 3.05. The highest BCUT2D eigenvalue weighted by Gasteiger charge is 2.18. The first-order valence-corrected chi connectivity index (χ1v) is 4.77. The summed E-state index contributed by atoms with van der Waals surface area (Å²) < 4.78 is 52.2. The summed E-state index contributed by atoms with van der Waals surface area (Å²) in [5, 5.41) is 0. The van der Waals surface area contributed by atoms with Crippen LogP contribution in [0.4, 0.5) is 0 Å². The highest BCUT2D eigenvalue weighted by Crippen LogP contribution is 1.87. The van der Waals surface area contributed by atoms with Gasteiger partial charge < -0.3 is 4.18 Å². The third-order valence-corrected chi connectivity index (χ3v) is 2.34. The second-order valence-electron chi connectivity index (χ2n) is 1.21. The van der Waals surface area contributed by atoms with Crippen molar-refractivity contribution >= 4 is 20.6 Å². The predicted molar refractivity (Wildman–Crippen MR) is 33.5 cm³/mol. The van der Waals surface area contributed by atoms with E-state index in [-0.39, 0.29) is 0 Å². The van der Waals surface area contributed by atoms with Gasteiger partial charge in [-0.05, 0) is 0 Å². The Morgan fingerprint density at radius 2 is 1.82 bits per heavy atom. The zero-order valence-electron chi connectivity index (χ0n) is 4.88. The summed E-state index contributed by atoms with van der Waals surface area (Å²) in [7, 11) is -9.48.